The van der Waals surface area contributed by atoms with E-state index in [9.17, 15) is 14.7 Å². The van der Waals surface area contributed by atoms with E-state index < -0.39 is 24.1 Å². The molecule has 1 fully saturated rings. The van der Waals surface area contributed by atoms with Crippen molar-refractivity contribution in [2.75, 3.05) is 39.2 Å². The monoisotopic (exact) mass is 557 g/mol. The van der Waals surface area contributed by atoms with Crippen LogP contribution in [0.1, 0.15) is 28.6 Å². The number of benzene rings is 2. The summed E-state index contributed by atoms with van der Waals surface area (Å²) < 4.78 is 29.5. The molecule has 0 bridgehead atoms. The number of carbonyl (C=O) groups excluding carboxylic acids is 1. The summed E-state index contributed by atoms with van der Waals surface area (Å²) >= 11 is 1.50. The van der Waals surface area contributed by atoms with Crippen molar-refractivity contribution in [1.29, 1.82) is 0 Å². The number of thioether (sulfide) groups is 1. The van der Waals surface area contributed by atoms with Gasteiger partial charge in [-0.2, -0.15) is 4.98 Å². The number of amides is 1. The molecule has 1 aliphatic heterocycles. The molecular formula is C27H31N3O8S. The Kier molecular flexibility index (Phi) is 9.82. The van der Waals surface area contributed by atoms with Gasteiger partial charge in [-0.25, -0.2) is 4.79 Å². The van der Waals surface area contributed by atoms with Gasteiger partial charge in [-0.1, -0.05) is 18.2 Å². The first-order valence-corrected chi connectivity index (χ1v) is 13.3. The maximum atomic E-state index is 12.7. The Balaban J connectivity index is 1.34. The van der Waals surface area contributed by atoms with Crippen molar-refractivity contribution in [3.8, 4) is 17.2 Å². The van der Waals surface area contributed by atoms with E-state index in [4.69, 9.17) is 23.7 Å². The van der Waals surface area contributed by atoms with Crippen LogP contribution in [-0.2, 0) is 15.2 Å². The molecule has 1 amide bonds. The second-order valence-corrected chi connectivity index (χ2v) is 9.48. The highest BCUT2D eigenvalue weighted by molar-refractivity contribution is 7.98. The van der Waals surface area contributed by atoms with E-state index in [0.717, 1.165) is 5.56 Å². The van der Waals surface area contributed by atoms with E-state index in [2.05, 4.69) is 10.3 Å². The maximum Gasteiger partial charge on any atom is 0.351 e. The molecule has 2 unspecified atom stereocenters. The Morgan fingerprint density at radius 2 is 1.85 bits per heavy atom. The predicted octanol–water partition coefficient (Wildman–Crippen LogP) is 3.08. The summed E-state index contributed by atoms with van der Waals surface area (Å²) in [6, 6.07) is 13.8. The van der Waals surface area contributed by atoms with E-state index in [-0.39, 0.29) is 18.3 Å². The summed E-state index contributed by atoms with van der Waals surface area (Å²) in [4.78, 5) is 29.0. The average molecular weight is 558 g/mol. The Hall–Kier alpha value is -3.58. The van der Waals surface area contributed by atoms with Crippen molar-refractivity contribution in [2.24, 2.45) is 0 Å². The molecule has 2 aromatic carbocycles. The van der Waals surface area contributed by atoms with Crippen molar-refractivity contribution in [1.82, 2.24) is 9.55 Å². The third kappa shape index (κ3) is 6.90. The fourth-order valence-electron chi connectivity index (χ4n) is 4.19. The van der Waals surface area contributed by atoms with Crippen LogP contribution in [0.25, 0.3) is 0 Å². The van der Waals surface area contributed by atoms with E-state index in [1.807, 2.05) is 6.07 Å². The van der Waals surface area contributed by atoms with Crippen molar-refractivity contribution < 1.29 is 33.6 Å². The number of hydrogen-bond donors (Lipinski definition) is 2. The third-order valence-corrected chi connectivity index (χ3v) is 7.00. The molecule has 208 valence electrons. The van der Waals surface area contributed by atoms with Crippen LogP contribution in [0.15, 0.2) is 59.5 Å². The summed E-state index contributed by atoms with van der Waals surface area (Å²) in [5.41, 5.74) is 0.733. The topological polar surface area (TPSA) is 130 Å². The zero-order valence-electron chi connectivity index (χ0n) is 21.9. The highest BCUT2D eigenvalue weighted by atomic mass is 32.2. The SMILES string of the molecule is COc1cc(OC)c(CSCOC2C[C@H](n3ccc(NC(=O)c4ccccc4)nc3=O)OC2CO)c(OC)c1. The normalized spacial score (nSPS) is 18.5. The van der Waals surface area contributed by atoms with Gasteiger partial charge in [-0.15, -0.1) is 11.8 Å². The lowest BCUT2D eigenvalue weighted by Gasteiger charge is -2.17. The summed E-state index contributed by atoms with van der Waals surface area (Å²) in [6.07, 6.45) is 0.145. The van der Waals surface area contributed by atoms with Gasteiger partial charge in [0.25, 0.3) is 5.91 Å². The van der Waals surface area contributed by atoms with Gasteiger partial charge < -0.3 is 34.1 Å². The number of aliphatic hydroxyl groups is 1. The Labute approximate surface area is 230 Å². The predicted molar refractivity (Wildman–Crippen MR) is 146 cm³/mol. The molecule has 2 heterocycles. The van der Waals surface area contributed by atoms with Gasteiger partial charge in [0.2, 0.25) is 0 Å². The number of nitrogens with zero attached hydrogens (tertiary/aromatic N) is 2. The molecule has 39 heavy (non-hydrogen) atoms. The van der Waals surface area contributed by atoms with Crippen LogP contribution < -0.4 is 25.2 Å². The molecule has 3 atom stereocenters. The number of aromatic nitrogens is 2. The zero-order valence-corrected chi connectivity index (χ0v) is 22.7. The third-order valence-electron chi connectivity index (χ3n) is 6.21. The van der Waals surface area contributed by atoms with Gasteiger partial charge >= 0.3 is 5.69 Å². The molecule has 1 aliphatic rings. The number of hydrogen-bond acceptors (Lipinski definition) is 10. The van der Waals surface area contributed by atoms with Crippen LogP contribution in [0.2, 0.25) is 0 Å². The highest BCUT2D eigenvalue weighted by Crippen LogP contribution is 2.37. The highest BCUT2D eigenvalue weighted by Gasteiger charge is 2.37. The number of anilines is 1. The van der Waals surface area contributed by atoms with Crippen molar-refractivity contribution in [3.05, 3.63) is 76.3 Å². The van der Waals surface area contributed by atoms with Crippen molar-refractivity contribution in [2.45, 2.75) is 30.6 Å². The molecule has 12 heteroatoms. The minimum atomic E-state index is -0.669. The molecule has 0 saturated carbocycles. The van der Waals surface area contributed by atoms with Crippen LogP contribution in [0.3, 0.4) is 0 Å². The quantitative estimate of drug-likeness (QED) is 0.253. The number of nitrogens with one attached hydrogen (secondary N) is 1. The molecule has 0 radical (unpaired) electrons. The molecule has 2 N–H and O–H groups in total. The lowest BCUT2D eigenvalue weighted by molar-refractivity contribution is -0.0554. The first kappa shape index (κ1) is 28.4. The van der Waals surface area contributed by atoms with Crippen LogP contribution in [-0.4, -0.2) is 66.6 Å². The Morgan fingerprint density at radius 1 is 1.13 bits per heavy atom. The summed E-state index contributed by atoms with van der Waals surface area (Å²) in [5, 5.41) is 12.5. The standard InChI is InChI=1S/C27H31N3O8S/c1-34-18-11-20(35-2)19(21(12-18)36-3)15-39-16-37-22-13-25(38-23(22)14-31)30-10-9-24(29-27(30)33)28-26(32)17-7-5-4-6-8-17/h4-12,22-23,25,31H,13-16H2,1-3H3,(H,28,29,32,33)/t22?,23?,25-/m1/s1. The van der Waals surface area contributed by atoms with Gasteiger partial charge in [-0.3, -0.25) is 9.36 Å². The van der Waals surface area contributed by atoms with Crippen molar-refractivity contribution in [3.63, 3.8) is 0 Å². The first-order valence-electron chi connectivity index (χ1n) is 12.2. The fourth-order valence-corrected chi connectivity index (χ4v) is 5.03. The molecule has 0 aliphatic carbocycles. The van der Waals surface area contributed by atoms with Gasteiger partial charge in [0.1, 0.15) is 35.4 Å². The molecule has 3 aromatic rings. The number of carbonyl (C=O) groups is 1. The summed E-state index contributed by atoms with van der Waals surface area (Å²) in [5.74, 6) is 2.55. The molecule has 1 aromatic heterocycles. The van der Waals surface area contributed by atoms with Gasteiger partial charge in [0, 0.05) is 41.6 Å². The zero-order chi connectivity index (χ0) is 27.8. The number of aliphatic hydroxyl groups excluding tert-OH is 1. The van der Waals surface area contributed by atoms with E-state index in [1.54, 1.807) is 57.7 Å². The van der Waals surface area contributed by atoms with E-state index in [0.29, 0.717) is 40.9 Å². The molecular weight excluding hydrogens is 526 g/mol. The smallest absolute Gasteiger partial charge is 0.351 e. The summed E-state index contributed by atoms with van der Waals surface area (Å²) in [7, 11) is 4.75. The van der Waals surface area contributed by atoms with E-state index in [1.165, 1.54) is 28.6 Å². The largest absolute Gasteiger partial charge is 0.496 e. The fraction of sp³-hybridized carbons (Fsp3) is 0.370. The van der Waals surface area contributed by atoms with Crippen LogP contribution in [0.5, 0.6) is 17.2 Å². The lowest BCUT2D eigenvalue weighted by Crippen LogP contribution is -2.29. The molecule has 1 saturated heterocycles. The maximum absolute atomic E-state index is 12.7. The second kappa shape index (κ2) is 13.5. The van der Waals surface area contributed by atoms with Gasteiger partial charge in [0.05, 0.1) is 40.0 Å². The molecule has 4 rings (SSSR count). The number of rotatable bonds is 12. The molecule has 0 spiro atoms. The second-order valence-electron chi connectivity index (χ2n) is 8.55. The summed E-state index contributed by atoms with van der Waals surface area (Å²) in [6.45, 7) is -0.265. The van der Waals surface area contributed by atoms with Crippen molar-refractivity contribution >= 4 is 23.5 Å². The Morgan fingerprint density at radius 3 is 2.46 bits per heavy atom. The van der Waals surface area contributed by atoms with Gasteiger partial charge in [0.15, 0.2) is 0 Å². The van der Waals surface area contributed by atoms with Crippen LogP contribution >= 0.6 is 11.8 Å². The Bertz CT molecular complexity index is 1290. The molecule has 11 nitrogen and oxygen atoms in total. The van der Waals surface area contributed by atoms with Gasteiger partial charge in [-0.05, 0) is 18.2 Å². The van der Waals surface area contributed by atoms with Crippen LogP contribution in [0, 0.1) is 0 Å². The van der Waals surface area contributed by atoms with Crippen LogP contribution in [0.4, 0.5) is 5.82 Å². The number of ether oxygens (including phenoxy) is 5. The number of methoxy groups -OCH3 is 3. The lowest BCUT2D eigenvalue weighted by atomic mass is 10.2. The minimum Gasteiger partial charge on any atom is -0.496 e. The average Bonchev–Trinajstić information content (AvgIpc) is 3.38. The first-order chi connectivity index (χ1) is 19.0. The minimum absolute atomic E-state index is 0.135. The van der Waals surface area contributed by atoms with E-state index >= 15 is 0 Å².